The minimum Gasteiger partial charge on any atom is -0.497 e. The van der Waals surface area contributed by atoms with Crippen molar-refractivity contribution in [2.75, 3.05) is 7.11 Å². The highest BCUT2D eigenvalue weighted by molar-refractivity contribution is 5.34. The summed E-state index contributed by atoms with van der Waals surface area (Å²) in [6, 6.07) is 11.9. The van der Waals surface area contributed by atoms with Gasteiger partial charge < -0.3 is 14.8 Å². The molecule has 0 aliphatic rings. The summed E-state index contributed by atoms with van der Waals surface area (Å²) in [6.45, 7) is 7.07. The summed E-state index contributed by atoms with van der Waals surface area (Å²) in [5, 5.41) is 3.39. The molecule has 0 saturated carbocycles. The molecule has 4 nitrogen and oxygen atoms in total. The van der Waals surface area contributed by atoms with E-state index < -0.39 is 0 Å². The predicted octanol–water partition coefficient (Wildman–Crippen LogP) is 3.69. The first kappa shape index (κ1) is 15.3. The van der Waals surface area contributed by atoms with Crippen LogP contribution in [0.2, 0.25) is 0 Å². The lowest BCUT2D eigenvalue weighted by Crippen LogP contribution is -2.22. The number of aryl methyl sites for hydroxylation is 1. The Labute approximate surface area is 126 Å². The second-order valence-electron chi connectivity index (χ2n) is 5.21. The van der Waals surface area contributed by atoms with E-state index in [2.05, 4.69) is 30.2 Å². The topological polar surface area (TPSA) is 43.4 Å². The van der Waals surface area contributed by atoms with Crippen LogP contribution in [0.15, 0.2) is 36.4 Å². The van der Waals surface area contributed by atoms with Crippen molar-refractivity contribution in [3.8, 4) is 17.4 Å². The molecule has 0 atom stereocenters. The first-order chi connectivity index (χ1) is 10.1. The van der Waals surface area contributed by atoms with Crippen molar-refractivity contribution in [2.45, 2.75) is 33.4 Å². The highest BCUT2D eigenvalue weighted by atomic mass is 16.5. The van der Waals surface area contributed by atoms with Crippen molar-refractivity contribution >= 4 is 0 Å². The molecule has 1 aromatic heterocycles. The Kier molecular flexibility index (Phi) is 5.17. The zero-order valence-corrected chi connectivity index (χ0v) is 13.0. The van der Waals surface area contributed by atoms with Gasteiger partial charge in [0.05, 0.1) is 7.11 Å². The highest BCUT2D eigenvalue weighted by Gasteiger charge is 2.05. The summed E-state index contributed by atoms with van der Waals surface area (Å²) in [7, 11) is 1.64. The van der Waals surface area contributed by atoms with E-state index in [0.29, 0.717) is 11.9 Å². The van der Waals surface area contributed by atoms with Crippen LogP contribution in [0, 0.1) is 6.92 Å². The molecule has 0 bridgehead atoms. The Balaban J connectivity index is 2.05. The van der Waals surface area contributed by atoms with Gasteiger partial charge in [-0.15, -0.1) is 0 Å². The van der Waals surface area contributed by atoms with E-state index in [9.17, 15) is 0 Å². The lowest BCUT2D eigenvalue weighted by Gasteiger charge is -2.11. The van der Waals surface area contributed by atoms with Gasteiger partial charge in [-0.05, 0) is 36.8 Å². The van der Waals surface area contributed by atoms with Crippen LogP contribution in [-0.2, 0) is 6.54 Å². The zero-order valence-electron chi connectivity index (χ0n) is 13.0. The molecule has 1 aromatic carbocycles. The summed E-state index contributed by atoms with van der Waals surface area (Å²) in [6.07, 6.45) is 0. The van der Waals surface area contributed by atoms with E-state index in [1.54, 1.807) is 7.11 Å². The van der Waals surface area contributed by atoms with Gasteiger partial charge in [0.25, 0.3) is 0 Å². The lowest BCUT2D eigenvalue weighted by atomic mass is 10.2. The predicted molar refractivity (Wildman–Crippen MR) is 84.0 cm³/mol. The maximum Gasteiger partial charge on any atom is 0.219 e. The summed E-state index contributed by atoms with van der Waals surface area (Å²) in [5.41, 5.74) is 2.17. The van der Waals surface area contributed by atoms with Gasteiger partial charge in [-0.25, -0.2) is 4.98 Å². The number of rotatable bonds is 6. The number of hydrogen-bond acceptors (Lipinski definition) is 4. The zero-order chi connectivity index (χ0) is 15.2. The minimum atomic E-state index is 0.458. The van der Waals surface area contributed by atoms with Gasteiger partial charge in [-0.2, -0.15) is 0 Å². The molecule has 1 N–H and O–H groups in total. The van der Waals surface area contributed by atoms with Gasteiger partial charge in [0, 0.05) is 24.3 Å². The third-order valence-corrected chi connectivity index (χ3v) is 3.15. The number of hydrogen-bond donors (Lipinski definition) is 1. The maximum atomic E-state index is 5.75. The van der Waals surface area contributed by atoms with Crippen LogP contribution in [0.3, 0.4) is 0 Å². The Morgan fingerprint density at radius 1 is 1.05 bits per heavy atom. The van der Waals surface area contributed by atoms with Crippen molar-refractivity contribution in [1.82, 2.24) is 10.3 Å². The molecule has 0 amide bonds. The normalized spacial score (nSPS) is 10.7. The molecule has 0 aliphatic heterocycles. The minimum absolute atomic E-state index is 0.458. The largest absolute Gasteiger partial charge is 0.497 e. The fourth-order valence-corrected chi connectivity index (χ4v) is 1.89. The van der Waals surface area contributed by atoms with Crippen molar-refractivity contribution < 1.29 is 9.47 Å². The second kappa shape index (κ2) is 7.09. The molecule has 2 rings (SSSR count). The van der Waals surface area contributed by atoms with E-state index in [1.807, 2.05) is 37.3 Å². The van der Waals surface area contributed by atoms with Crippen LogP contribution in [0.1, 0.15) is 25.1 Å². The van der Waals surface area contributed by atoms with E-state index in [-0.39, 0.29) is 0 Å². The average molecular weight is 286 g/mol. The van der Waals surface area contributed by atoms with Crippen LogP contribution in [0.5, 0.6) is 17.4 Å². The number of nitrogens with zero attached hydrogens (tertiary/aromatic N) is 1. The summed E-state index contributed by atoms with van der Waals surface area (Å²) in [5.74, 6) is 2.16. The molecule has 112 valence electrons. The monoisotopic (exact) mass is 286 g/mol. The van der Waals surface area contributed by atoms with E-state index in [0.717, 1.165) is 23.7 Å². The molecule has 0 saturated heterocycles. The second-order valence-corrected chi connectivity index (χ2v) is 5.21. The highest BCUT2D eigenvalue weighted by Crippen LogP contribution is 2.23. The third kappa shape index (κ3) is 4.46. The smallest absolute Gasteiger partial charge is 0.219 e. The van der Waals surface area contributed by atoms with Gasteiger partial charge in [-0.1, -0.05) is 19.9 Å². The Hall–Kier alpha value is -2.07. The molecule has 4 heteroatoms. The van der Waals surface area contributed by atoms with Crippen LogP contribution in [-0.4, -0.2) is 18.1 Å². The fourth-order valence-electron chi connectivity index (χ4n) is 1.89. The molecule has 2 aromatic rings. The standard InChI is InChI=1S/C17H22N2O2/c1-12(2)18-11-14-5-10-17(19-13(14)3)21-16-8-6-15(20-4)7-9-16/h5-10,12,18H,11H2,1-4H3. The Morgan fingerprint density at radius 2 is 1.71 bits per heavy atom. The van der Waals surface area contributed by atoms with Crippen LogP contribution < -0.4 is 14.8 Å². The number of benzene rings is 1. The fraction of sp³-hybridized carbons (Fsp3) is 0.353. The first-order valence-corrected chi connectivity index (χ1v) is 7.10. The molecule has 0 fully saturated rings. The summed E-state index contributed by atoms with van der Waals surface area (Å²) in [4.78, 5) is 4.50. The number of methoxy groups -OCH3 is 1. The summed E-state index contributed by atoms with van der Waals surface area (Å²) >= 11 is 0. The lowest BCUT2D eigenvalue weighted by molar-refractivity contribution is 0.412. The first-order valence-electron chi connectivity index (χ1n) is 7.10. The Bertz CT molecular complexity index is 580. The van der Waals surface area contributed by atoms with Crippen molar-refractivity contribution in [3.05, 3.63) is 47.7 Å². The number of aromatic nitrogens is 1. The molecule has 0 radical (unpaired) electrons. The average Bonchev–Trinajstić information content (AvgIpc) is 2.47. The number of pyridine rings is 1. The van der Waals surface area contributed by atoms with Crippen LogP contribution in [0.4, 0.5) is 0 Å². The molecule has 1 heterocycles. The number of ether oxygens (including phenoxy) is 2. The Morgan fingerprint density at radius 3 is 2.29 bits per heavy atom. The number of nitrogens with one attached hydrogen (secondary N) is 1. The third-order valence-electron chi connectivity index (χ3n) is 3.15. The van der Waals surface area contributed by atoms with E-state index in [1.165, 1.54) is 5.56 Å². The van der Waals surface area contributed by atoms with Crippen molar-refractivity contribution in [3.63, 3.8) is 0 Å². The van der Waals surface area contributed by atoms with E-state index >= 15 is 0 Å². The molecular weight excluding hydrogens is 264 g/mol. The van der Waals surface area contributed by atoms with Gasteiger partial charge in [0.1, 0.15) is 11.5 Å². The molecule has 21 heavy (non-hydrogen) atoms. The van der Waals surface area contributed by atoms with Crippen LogP contribution in [0.25, 0.3) is 0 Å². The van der Waals surface area contributed by atoms with Gasteiger partial charge in [0.2, 0.25) is 5.88 Å². The van der Waals surface area contributed by atoms with Crippen LogP contribution >= 0.6 is 0 Å². The molecule has 0 spiro atoms. The molecular formula is C17H22N2O2. The summed E-state index contributed by atoms with van der Waals surface area (Å²) < 4.78 is 10.9. The quantitative estimate of drug-likeness (QED) is 0.879. The van der Waals surface area contributed by atoms with Crippen molar-refractivity contribution in [1.29, 1.82) is 0 Å². The van der Waals surface area contributed by atoms with Gasteiger partial charge in [-0.3, -0.25) is 0 Å². The molecule has 0 unspecified atom stereocenters. The SMILES string of the molecule is COc1ccc(Oc2ccc(CNC(C)C)c(C)n2)cc1. The van der Waals surface area contributed by atoms with Gasteiger partial charge in [0.15, 0.2) is 0 Å². The molecule has 0 aliphatic carbocycles. The maximum absolute atomic E-state index is 5.75. The van der Waals surface area contributed by atoms with E-state index in [4.69, 9.17) is 9.47 Å². The van der Waals surface area contributed by atoms with Crippen molar-refractivity contribution in [2.24, 2.45) is 0 Å². The van der Waals surface area contributed by atoms with Gasteiger partial charge >= 0.3 is 0 Å².